The van der Waals surface area contributed by atoms with Gasteiger partial charge in [0.25, 0.3) is 0 Å². The lowest BCUT2D eigenvalue weighted by molar-refractivity contribution is -0.0297. The minimum atomic E-state index is -0.823. The monoisotopic (exact) mass is 338 g/mol. The van der Waals surface area contributed by atoms with E-state index < -0.39 is 23.8 Å². The van der Waals surface area contributed by atoms with Crippen LogP contribution in [0.4, 0.5) is 4.79 Å². The number of aliphatic hydroxyl groups is 1. The van der Waals surface area contributed by atoms with Crippen molar-refractivity contribution in [3.8, 4) is 0 Å². The Kier molecular flexibility index (Phi) is 8.18. The fourth-order valence-electron chi connectivity index (χ4n) is 2.05. The summed E-state index contributed by atoms with van der Waals surface area (Å²) in [6.45, 7) is 9.37. The number of alkyl carbamates (subject to hydrolysis) is 1. The van der Waals surface area contributed by atoms with Crippen LogP contribution in [-0.2, 0) is 16.0 Å². The Bertz CT molecular complexity index is 486. The zero-order chi connectivity index (χ0) is 18.2. The van der Waals surface area contributed by atoms with Crippen LogP contribution in [0.1, 0.15) is 40.2 Å². The summed E-state index contributed by atoms with van der Waals surface area (Å²) >= 11 is 0. The lowest BCUT2D eigenvalue weighted by atomic mass is 10.0. The summed E-state index contributed by atoms with van der Waals surface area (Å²) < 4.78 is 5.29. The molecule has 0 saturated heterocycles. The summed E-state index contributed by atoms with van der Waals surface area (Å²) in [4.78, 5) is 17.3. The van der Waals surface area contributed by atoms with Gasteiger partial charge >= 0.3 is 6.09 Å². The summed E-state index contributed by atoms with van der Waals surface area (Å²) in [5, 5.41) is 13.2. The average Bonchev–Trinajstić information content (AvgIpc) is 2.45. The molecule has 1 amide bonds. The molecule has 0 aromatic heterocycles. The molecule has 0 aliphatic carbocycles. The highest BCUT2D eigenvalue weighted by molar-refractivity contribution is 5.68. The molecule has 0 aliphatic heterocycles. The molecule has 1 aromatic carbocycles. The van der Waals surface area contributed by atoms with E-state index in [-0.39, 0.29) is 12.6 Å². The van der Waals surface area contributed by atoms with Crippen LogP contribution in [0.25, 0.3) is 0 Å². The largest absolute Gasteiger partial charge is 0.444 e. The van der Waals surface area contributed by atoms with Crippen LogP contribution >= 0.6 is 0 Å². The zero-order valence-electron chi connectivity index (χ0n) is 15.2. The molecule has 0 bridgehead atoms. The van der Waals surface area contributed by atoms with E-state index in [1.54, 1.807) is 20.8 Å². The van der Waals surface area contributed by atoms with Gasteiger partial charge in [0.15, 0.2) is 0 Å². The van der Waals surface area contributed by atoms with E-state index in [2.05, 4.69) is 10.8 Å². The number of aliphatic hydroxyl groups excluding tert-OH is 1. The van der Waals surface area contributed by atoms with Crippen molar-refractivity contribution in [2.45, 2.75) is 64.9 Å². The number of carbonyl (C=O) groups excluding carboxylic acids is 1. The van der Waals surface area contributed by atoms with E-state index in [1.165, 1.54) is 0 Å². The smallest absolute Gasteiger partial charge is 0.407 e. The molecule has 6 heteroatoms. The summed E-state index contributed by atoms with van der Waals surface area (Å²) in [5.74, 6) is 0. The number of hydroxylamine groups is 1. The summed E-state index contributed by atoms with van der Waals surface area (Å²) in [5.41, 5.74) is 3.15. The van der Waals surface area contributed by atoms with Crippen molar-refractivity contribution in [1.29, 1.82) is 0 Å². The minimum absolute atomic E-state index is 0.00332. The van der Waals surface area contributed by atoms with E-state index in [0.717, 1.165) is 5.56 Å². The Morgan fingerprint density at radius 2 is 1.83 bits per heavy atom. The molecule has 1 aromatic rings. The van der Waals surface area contributed by atoms with Gasteiger partial charge in [0.05, 0.1) is 18.2 Å². The number of ether oxygens (including phenoxy) is 1. The van der Waals surface area contributed by atoms with Gasteiger partial charge in [0.2, 0.25) is 0 Å². The average molecular weight is 338 g/mol. The van der Waals surface area contributed by atoms with Crippen LogP contribution in [0.3, 0.4) is 0 Å². The lowest BCUT2D eigenvalue weighted by Gasteiger charge is -2.27. The van der Waals surface area contributed by atoms with Crippen molar-refractivity contribution in [2.24, 2.45) is 0 Å². The SMILES string of the molecule is CC(C)ONC[C@@H](O)[C@H](Cc1ccccc1)NC(=O)OC(C)(C)C. The Balaban J connectivity index is 2.69. The van der Waals surface area contributed by atoms with Crippen LogP contribution in [0.15, 0.2) is 30.3 Å². The Morgan fingerprint density at radius 3 is 2.38 bits per heavy atom. The number of hydrogen-bond donors (Lipinski definition) is 3. The van der Waals surface area contributed by atoms with Crippen molar-refractivity contribution in [3.63, 3.8) is 0 Å². The van der Waals surface area contributed by atoms with Crippen molar-refractivity contribution >= 4 is 6.09 Å². The first-order valence-corrected chi connectivity index (χ1v) is 8.27. The van der Waals surface area contributed by atoms with Crippen LogP contribution in [-0.4, -0.2) is 41.6 Å². The Hall–Kier alpha value is -1.63. The number of benzene rings is 1. The molecule has 2 atom stereocenters. The molecule has 3 N–H and O–H groups in total. The standard InChI is InChI=1S/C18H30N2O4/c1-13(2)24-19-12-16(21)15(11-14-9-7-6-8-10-14)20-17(22)23-18(3,4)5/h6-10,13,15-16,19,21H,11-12H2,1-5H3,(H,20,22)/t15-,16+/m0/s1. The van der Waals surface area contributed by atoms with E-state index in [1.807, 2.05) is 44.2 Å². The number of hydrogen-bond acceptors (Lipinski definition) is 5. The zero-order valence-corrected chi connectivity index (χ0v) is 15.2. The predicted octanol–water partition coefficient (Wildman–Crippen LogP) is 2.41. The molecular formula is C18H30N2O4. The van der Waals surface area contributed by atoms with Crippen molar-refractivity contribution in [2.75, 3.05) is 6.54 Å². The molecule has 0 unspecified atom stereocenters. The van der Waals surface area contributed by atoms with Crippen LogP contribution in [0, 0.1) is 0 Å². The number of carbonyl (C=O) groups is 1. The molecule has 24 heavy (non-hydrogen) atoms. The number of nitrogens with one attached hydrogen (secondary N) is 2. The molecular weight excluding hydrogens is 308 g/mol. The van der Waals surface area contributed by atoms with E-state index in [0.29, 0.717) is 6.42 Å². The van der Waals surface area contributed by atoms with Crippen molar-refractivity contribution in [3.05, 3.63) is 35.9 Å². The second kappa shape index (κ2) is 9.61. The quantitative estimate of drug-likeness (QED) is 0.634. The number of amides is 1. The molecule has 0 fully saturated rings. The molecule has 0 spiro atoms. The second-order valence-electron chi connectivity index (χ2n) is 7.02. The third-order valence-electron chi connectivity index (χ3n) is 3.08. The first kappa shape index (κ1) is 20.4. The van der Waals surface area contributed by atoms with Gasteiger partial charge < -0.3 is 15.2 Å². The molecule has 136 valence electrons. The molecule has 0 saturated carbocycles. The van der Waals surface area contributed by atoms with E-state index in [9.17, 15) is 9.90 Å². The molecule has 0 heterocycles. The fourth-order valence-corrected chi connectivity index (χ4v) is 2.05. The van der Waals surface area contributed by atoms with Gasteiger partial charge in [0, 0.05) is 6.54 Å². The highest BCUT2D eigenvalue weighted by Gasteiger charge is 2.25. The number of rotatable bonds is 8. The predicted molar refractivity (Wildman–Crippen MR) is 93.5 cm³/mol. The first-order valence-electron chi connectivity index (χ1n) is 8.27. The topological polar surface area (TPSA) is 79.8 Å². The normalized spacial score (nSPS) is 14.3. The van der Waals surface area contributed by atoms with E-state index >= 15 is 0 Å². The van der Waals surface area contributed by atoms with Gasteiger partial charge in [-0.3, -0.25) is 4.84 Å². The summed E-state index contributed by atoms with van der Waals surface area (Å²) in [7, 11) is 0. The highest BCUT2D eigenvalue weighted by Crippen LogP contribution is 2.10. The first-order chi connectivity index (χ1) is 11.2. The minimum Gasteiger partial charge on any atom is -0.444 e. The van der Waals surface area contributed by atoms with Crippen molar-refractivity contribution in [1.82, 2.24) is 10.8 Å². The third kappa shape index (κ3) is 8.86. The van der Waals surface area contributed by atoms with Gasteiger partial charge in [-0.15, -0.1) is 0 Å². The maximum atomic E-state index is 12.0. The molecule has 0 radical (unpaired) electrons. The summed E-state index contributed by atoms with van der Waals surface area (Å²) in [6.07, 6.45) is -0.878. The molecule has 1 rings (SSSR count). The van der Waals surface area contributed by atoms with Crippen molar-refractivity contribution < 1.29 is 19.5 Å². The maximum Gasteiger partial charge on any atom is 0.407 e. The summed E-state index contributed by atoms with van der Waals surface area (Å²) in [6, 6.07) is 9.18. The van der Waals surface area contributed by atoms with Crippen LogP contribution in [0.5, 0.6) is 0 Å². The van der Waals surface area contributed by atoms with Gasteiger partial charge in [-0.1, -0.05) is 30.3 Å². The molecule has 0 aliphatic rings. The van der Waals surface area contributed by atoms with Crippen LogP contribution < -0.4 is 10.8 Å². The fraction of sp³-hybridized carbons (Fsp3) is 0.611. The third-order valence-corrected chi connectivity index (χ3v) is 3.08. The molecule has 6 nitrogen and oxygen atoms in total. The van der Waals surface area contributed by atoms with Gasteiger partial charge in [0.1, 0.15) is 5.60 Å². The Morgan fingerprint density at radius 1 is 1.21 bits per heavy atom. The maximum absolute atomic E-state index is 12.0. The van der Waals surface area contributed by atoms with Crippen LogP contribution in [0.2, 0.25) is 0 Å². The lowest BCUT2D eigenvalue weighted by Crippen LogP contribution is -2.50. The Labute approximate surface area is 144 Å². The highest BCUT2D eigenvalue weighted by atomic mass is 16.7. The van der Waals surface area contributed by atoms with E-state index in [4.69, 9.17) is 9.57 Å². The second-order valence-corrected chi connectivity index (χ2v) is 7.02. The van der Waals surface area contributed by atoms with Gasteiger partial charge in [-0.05, 0) is 46.6 Å². The van der Waals surface area contributed by atoms with Gasteiger partial charge in [-0.25, -0.2) is 4.79 Å². The van der Waals surface area contributed by atoms with Gasteiger partial charge in [-0.2, -0.15) is 5.48 Å².